The molecule has 0 radical (unpaired) electrons. The molecule has 15 heavy (non-hydrogen) atoms. The number of Topliss-reactive ketones (excluding diaryl/α,β-unsaturated/α-hetero) is 1. The molecule has 0 atom stereocenters. The second kappa shape index (κ2) is 4.27. The first-order valence-corrected chi connectivity index (χ1v) is 6.17. The van der Waals surface area contributed by atoms with Crippen molar-refractivity contribution in [3.8, 4) is 5.75 Å². The maximum atomic E-state index is 11.9. The van der Waals surface area contributed by atoms with Crippen molar-refractivity contribution >= 4 is 17.5 Å². The lowest BCUT2D eigenvalue weighted by molar-refractivity contribution is 0.0988. The largest absolute Gasteiger partial charge is 0.496 e. The van der Waals surface area contributed by atoms with Crippen molar-refractivity contribution in [3.05, 3.63) is 28.8 Å². The first-order chi connectivity index (χ1) is 7.24. The van der Waals surface area contributed by atoms with Crippen LogP contribution in [0.2, 0.25) is 0 Å². The molecule has 0 amide bonds. The van der Waals surface area contributed by atoms with E-state index in [1.165, 1.54) is 0 Å². The predicted molar refractivity (Wildman–Crippen MR) is 62.8 cm³/mol. The highest BCUT2D eigenvalue weighted by Gasteiger charge is 2.20. The van der Waals surface area contributed by atoms with Gasteiger partial charge in [-0.2, -0.15) is 11.8 Å². The Morgan fingerprint density at radius 2 is 2.20 bits per heavy atom. The van der Waals surface area contributed by atoms with Gasteiger partial charge in [0.05, 0.1) is 7.11 Å². The van der Waals surface area contributed by atoms with Crippen LogP contribution in [0.3, 0.4) is 0 Å². The first-order valence-electron chi connectivity index (χ1n) is 5.01. The molecule has 80 valence electrons. The number of benzene rings is 1. The second-order valence-electron chi connectivity index (χ2n) is 3.66. The molecular weight excluding hydrogens is 208 g/mol. The average Bonchev–Trinajstić information content (AvgIpc) is 2.42. The third-order valence-corrected chi connectivity index (χ3v) is 3.68. The smallest absolute Gasteiger partial charge is 0.164 e. The fourth-order valence-electron chi connectivity index (χ4n) is 1.93. The van der Waals surface area contributed by atoms with Gasteiger partial charge in [-0.05, 0) is 18.6 Å². The summed E-state index contributed by atoms with van der Waals surface area (Å²) < 4.78 is 5.31. The van der Waals surface area contributed by atoms with Crippen molar-refractivity contribution in [1.29, 1.82) is 0 Å². The minimum atomic E-state index is 0.256. The lowest BCUT2D eigenvalue weighted by Crippen LogP contribution is -2.05. The molecule has 1 heterocycles. The normalized spacial score (nSPS) is 15.7. The minimum Gasteiger partial charge on any atom is -0.496 e. The number of carbonyl (C=O) groups is 1. The van der Waals surface area contributed by atoms with Gasteiger partial charge in [-0.3, -0.25) is 4.79 Å². The van der Waals surface area contributed by atoms with Crippen LogP contribution in [0.4, 0.5) is 0 Å². The fraction of sp³-hybridized carbons (Fsp3) is 0.417. The molecule has 0 saturated heterocycles. The van der Waals surface area contributed by atoms with Crippen LogP contribution in [-0.4, -0.2) is 18.6 Å². The summed E-state index contributed by atoms with van der Waals surface area (Å²) in [5.74, 6) is 2.90. The zero-order valence-electron chi connectivity index (χ0n) is 9.00. The second-order valence-corrected chi connectivity index (χ2v) is 4.77. The van der Waals surface area contributed by atoms with Crippen LogP contribution >= 0.6 is 11.8 Å². The van der Waals surface area contributed by atoms with E-state index in [2.05, 4.69) is 0 Å². The Labute approximate surface area is 94.0 Å². The Kier molecular flexibility index (Phi) is 3.00. The van der Waals surface area contributed by atoms with Crippen LogP contribution in [0.5, 0.6) is 5.75 Å². The lowest BCUT2D eigenvalue weighted by Gasteiger charge is -2.12. The van der Waals surface area contributed by atoms with Gasteiger partial charge < -0.3 is 4.74 Å². The van der Waals surface area contributed by atoms with E-state index in [0.29, 0.717) is 6.42 Å². The van der Waals surface area contributed by atoms with Gasteiger partial charge in [-0.25, -0.2) is 0 Å². The molecule has 0 fully saturated rings. The van der Waals surface area contributed by atoms with E-state index < -0.39 is 0 Å². The van der Waals surface area contributed by atoms with Crippen molar-refractivity contribution in [2.24, 2.45) is 0 Å². The van der Waals surface area contributed by atoms with Crippen LogP contribution in [0.1, 0.15) is 27.9 Å². The van der Waals surface area contributed by atoms with Gasteiger partial charge in [0.2, 0.25) is 0 Å². The van der Waals surface area contributed by atoms with Crippen LogP contribution in [0.15, 0.2) is 12.1 Å². The van der Waals surface area contributed by atoms with Crippen LogP contribution in [-0.2, 0) is 5.75 Å². The van der Waals surface area contributed by atoms with Gasteiger partial charge in [-0.15, -0.1) is 0 Å². The summed E-state index contributed by atoms with van der Waals surface area (Å²) in [7, 11) is 1.66. The van der Waals surface area contributed by atoms with Crippen LogP contribution < -0.4 is 4.74 Å². The fourth-order valence-corrected chi connectivity index (χ4v) is 2.90. The van der Waals surface area contributed by atoms with E-state index in [4.69, 9.17) is 4.74 Å². The maximum absolute atomic E-state index is 11.9. The van der Waals surface area contributed by atoms with Crippen molar-refractivity contribution in [1.82, 2.24) is 0 Å². The van der Waals surface area contributed by atoms with Crippen molar-refractivity contribution in [3.63, 3.8) is 0 Å². The molecule has 2 nitrogen and oxygen atoms in total. The third kappa shape index (κ3) is 1.88. The molecule has 0 saturated carbocycles. The molecule has 3 heteroatoms. The van der Waals surface area contributed by atoms with E-state index in [9.17, 15) is 4.79 Å². The van der Waals surface area contributed by atoms with Gasteiger partial charge in [0.25, 0.3) is 0 Å². The molecule has 0 N–H and O–H groups in total. The van der Waals surface area contributed by atoms with E-state index in [-0.39, 0.29) is 5.78 Å². The number of methoxy groups -OCH3 is 1. The zero-order valence-corrected chi connectivity index (χ0v) is 9.82. The number of ketones is 1. The van der Waals surface area contributed by atoms with Crippen molar-refractivity contribution in [2.45, 2.75) is 19.1 Å². The van der Waals surface area contributed by atoms with E-state index in [0.717, 1.165) is 33.9 Å². The summed E-state index contributed by atoms with van der Waals surface area (Å²) in [4.78, 5) is 11.9. The topological polar surface area (TPSA) is 26.3 Å². The number of hydrogen-bond donors (Lipinski definition) is 0. The molecule has 1 aliphatic heterocycles. The average molecular weight is 222 g/mol. The number of thioether (sulfide) groups is 1. The van der Waals surface area contributed by atoms with E-state index >= 15 is 0 Å². The van der Waals surface area contributed by atoms with Gasteiger partial charge in [0, 0.05) is 29.1 Å². The number of fused-ring (bicyclic) bond motifs is 1. The minimum absolute atomic E-state index is 0.256. The Hall–Kier alpha value is -0.960. The highest BCUT2D eigenvalue weighted by Crippen LogP contribution is 2.32. The molecule has 0 spiro atoms. The molecule has 0 aromatic heterocycles. The molecule has 1 aliphatic rings. The summed E-state index contributed by atoms with van der Waals surface area (Å²) in [6.07, 6.45) is 0.645. The summed E-state index contributed by atoms with van der Waals surface area (Å²) >= 11 is 1.80. The van der Waals surface area contributed by atoms with Crippen molar-refractivity contribution < 1.29 is 9.53 Å². The Morgan fingerprint density at radius 1 is 1.40 bits per heavy atom. The molecular formula is C12H14O2S. The van der Waals surface area contributed by atoms with Gasteiger partial charge >= 0.3 is 0 Å². The summed E-state index contributed by atoms with van der Waals surface area (Å²) in [6.45, 7) is 1.99. The molecule has 0 aliphatic carbocycles. The van der Waals surface area contributed by atoms with Crippen LogP contribution in [0.25, 0.3) is 0 Å². The SMILES string of the molecule is COc1ccc(C)c2c1CSCCC2=O. The predicted octanol–water partition coefficient (Wildman–Crippen LogP) is 2.82. The number of rotatable bonds is 1. The highest BCUT2D eigenvalue weighted by atomic mass is 32.2. The van der Waals surface area contributed by atoms with Gasteiger partial charge in [-0.1, -0.05) is 6.07 Å². The summed E-state index contributed by atoms with van der Waals surface area (Å²) in [5, 5.41) is 0. The third-order valence-electron chi connectivity index (χ3n) is 2.70. The highest BCUT2D eigenvalue weighted by molar-refractivity contribution is 7.98. The number of carbonyl (C=O) groups excluding carboxylic acids is 1. The first kappa shape index (κ1) is 10.6. The number of hydrogen-bond acceptors (Lipinski definition) is 3. The Morgan fingerprint density at radius 3 is 2.93 bits per heavy atom. The molecule has 1 aromatic rings. The van der Waals surface area contributed by atoms with Crippen molar-refractivity contribution in [2.75, 3.05) is 12.9 Å². The number of aryl methyl sites for hydroxylation is 1. The Bertz CT molecular complexity index is 399. The zero-order chi connectivity index (χ0) is 10.8. The van der Waals surface area contributed by atoms with E-state index in [1.54, 1.807) is 18.9 Å². The Balaban J connectivity index is 2.60. The molecule has 1 aromatic carbocycles. The lowest BCUT2D eigenvalue weighted by atomic mass is 9.97. The standard InChI is InChI=1S/C12H14O2S/c1-8-3-4-11(14-2)9-7-15-6-5-10(13)12(8)9/h3-4H,5-7H2,1-2H3. The number of ether oxygens (including phenoxy) is 1. The van der Waals surface area contributed by atoms with E-state index in [1.807, 2.05) is 19.1 Å². The quantitative estimate of drug-likeness (QED) is 0.731. The monoisotopic (exact) mass is 222 g/mol. The van der Waals surface area contributed by atoms with Gasteiger partial charge in [0.15, 0.2) is 5.78 Å². The molecule has 2 rings (SSSR count). The van der Waals surface area contributed by atoms with Crippen LogP contribution in [0, 0.1) is 6.92 Å². The maximum Gasteiger partial charge on any atom is 0.164 e. The summed E-state index contributed by atoms with van der Waals surface area (Å²) in [6, 6.07) is 3.92. The molecule has 0 unspecified atom stereocenters. The summed E-state index contributed by atoms with van der Waals surface area (Å²) in [5.41, 5.74) is 3.03. The van der Waals surface area contributed by atoms with Gasteiger partial charge in [0.1, 0.15) is 5.75 Å². The molecule has 0 bridgehead atoms.